The Kier molecular flexibility index (Phi) is 8.26. The molecular formula is C34H41N3O8. The molecule has 240 valence electrons. The van der Waals surface area contributed by atoms with Gasteiger partial charge in [-0.3, -0.25) is 28.9 Å². The number of primary amides is 1. The van der Waals surface area contributed by atoms with Crippen LogP contribution in [-0.2, 0) is 24.6 Å². The number of nitrogens with one attached hydrogen (secondary N) is 1. The van der Waals surface area contributed by atoms with E-state index in [-0.39, 0.29) is 11.3 Å². The molecule has 0 spiro atoms. The number of anilines is 1. The van der Waals surface area contributed by atoms with Crippen LogP contribution in [0.4, 0.5) is 5.69 Å². The van der Waals surface area contributed by atoms with Gasteiger partial charge < -0.3 is 26.4 Å². The molecule has 0 saturated heterocycles. The molecule has 11 heteroatoms. The van der Waals surface area contributed by atoms with Gasteiger partial charge in [-0.25, -0.2) is 0 Å². The molecule has 5 rings (SSSR count). The van der Waals surface area contributed by atoms with E-state index in [9.17, 15) is 39.3 Å². The van der Waals surface area contributed by atoms with Gasteiger partial charge in [0.15, 0.2) is 34.7 Å². The van der Waals surface area contributed by atoms with Crippen molar-refractivity contribution in [1.29, 1.82) is 0 Å². The first-order valence-electron chi connectivity index (χ1n) is 15.2. The van der Waals surface area contributed by atoms with Crippen LogP contribution in [0.15, 0.2) is 42.5 Å². The molecule has 8 atom stereocenters. The lowest BCUT2D eigenvalue weighted by molar-refractivity contribution is -0.196. The molecule has 2 fully saturated rings. The van der Waals surface area contributed by atoms with Crippen molar-refractivity contribution < 1.29 is 39.3 Å². The van der Waals surface area contributed by atoms with E-state index in [1.54, 1.807) is 19.1 Å². The number of fused-ring (bicyclic) bond motifs is 3. The summed E-state index contributed by atoms with van der Waals surface area (Å²) < 4.78 is 0. The molecule has 6 N–H and O–H groups in total. The molecule has 2 unspecified atom stereocenters. The molecule has 0 heterocycles. The molecule has 11 nitrogen and oxygen atoms in total. The number of phenols is 1. The summed E-state index contributed by atoms with van der Waals surface area (Å²) in [5.41, 5.74) is 3.60. The van der Waals surface area contributed by atoms with E-state index in [1.807, 2.05) is 44.2 Å². The quantitative estimate of drug-likeness (QED) is 0.214. The number of amides is 1. The van der Waals surface area contributed by atoms with Crippen molar-refractivity contribution in [2.75, 3.05) is 26.0 Å². The van der Waals surface area contributed by atoms with Crippen molar-refractivity contribution in [3.05, 3.63) is 59.2 Å². The highest BCUT2D eigenvalue weighted by molar-refractivity contribution is 6.32. The van der Waals surface area contributed by atoms with Crippen molar-refractivity contribution in [3.8, 4) is 5.75 Å². The summed E-state index contributed by atoms with van der Waals surface area (Å²) in [7, 11) is 2.92. The molecule has 3 aliphatic carbocycles. The Morgan fingerprint density at radius 3 is 2.29 bits per heavy atom. The predicted octanol–water partition coefficient (Wildman–Crippen LogP) is 1.57. The van der Waals surface area contributed by atoms with Crippen LogP contribution in [-0.4, -0.2) is 87.6 Å². The van der Waals surface area contributed by atoms with Crippen molar-refractivity contribution >= 4 is 34.7 Å². The Balaban J connectivity index is 1.51. The monoisotopic (exact) mass is 619 g/mol. The molecular weight excluding hydrogens is 578 g/mol. The summed E-state index contributed by atoms with van der Waals surface area (Å²) >= 11 is 0. The van der Waals surface area contributed by atoms with Gasteiger partial charge in [0.1, 0.15) is 5.75 Å². The number of rotatable bonds is 8. The molecule has 0 aromatic heterocycles. The molecule has 1 amide bonds. The van der Waals surface area contributed by atoms with Crippen molar-refractivity contribution in [1.82, 2.24) is 4.90 Å². The highest BCUT2D eigenvalue weighted by Crippen LogP contribution is 2.55. The van der Waals surface area contributed by atoms with Crippen LogP contribution >= 0.6 is 0 Å². The van der Waals surface area contributed by atoms with Crippen molar-refractivity contribution in [2.45, 2.75) is 62.7 Å². The SMILES string of the molecule is C[C@H]1c2ccc(C(C)(C)CCCNc3ccccc3)c(O)c2C(=O)C2C(=O)[C@]3(O)C(=O)C(C(N)=O)C(=O)[C@@H](N(C)C)[C@@H]3[C@@H](O)[C@@H]21. The minimum atomic E-state index is -3.02. The number of aliphatic hydroxyl groups excluding tert-OH is 1. The van der Waals surface area contributed by atoms with Gasteiger partial charge in [-0.15, -0.1) is 0 Å². The summed E-state index contributed by atoms with van der Waals surface area (Å²) in [6.45, 7) is 6.28. The number of aromatic hydroxyl groups is 1. The van der Waals surface area contributed by atoms with E-state index >= 15 is 0 Å². The third-order valence-corrected chi connectivity index (χ3v) is 10.3. The lowest BCUT2D eigenvalue weighted by atomic mass is 9.49. The van der Waals surface area contributed by atoms with Gasteiger partial charge in [0, 0.05) is 23.7 Å². The topological polar surface area (TPSA) is 187 Å². The fraction of sp³-hybridized carbons (Fsp3) is 0.500. The van der Waals surface area contributed by atoms with Crippen molar-refractivity contribution in [3.63, 3.8) is 0 Å². The minimum absolute atomic E-state index is 0.0886. The normalized spacial score (nSPS) is 31.3. The highest BCUT2D eigenvalue weighted by Gasteiger charge is 2.73. The highest BCUT2D eigenvalue weighted by atomic mass is 16.3. The number of carbonyl (C=O) groups is 5. The summed E-state index contributed by atoms with van der Waals surface area (Å²) in [5.74, 6) is -13.2. The van der Waals surface area contributed by atoms with Crippen LogP contribution in [0.25, 0.3) is 0 Å². The van der Waals surface area contributed by atoms with Gasteiger partial charge in [0.25, 0.3) is 0 Å². The van der Waals surface area contributed by atoms with Crippen LogP contribution in [0, 0.1) is 23.7 Å². The number of benzene rings is 2. The summed E-state index contributed by atoms with van der Waals surface area (Å²) in [6.07, 6.45) is -0.257. The van der Waals surface area contributed by atoms with Gasteiger partial charge in [-0.05, 0) is 56.0 Å². The van der Waals surface area contributed by atoms with Gasteiger partial charge in [0.05, 0.1) is 29.5 Å². The number of carbonyl (C=O) groups excluding carboxylic acids is 5. The Morgan fingerprint density at radius 1 is 1.04 bits per heavy atom. The first kappa shape index (κ1) is 32.5. The Morgan fingerprint density at radius 2 is 1.69 bits per heavy atom. The number of phenolic OH excluding ortho intramolecular Hbond substituents is 1. The fourth-order valence-electron chi connectivity index (χ4n) is 7.99. The number of nitrogens with two attached hydrogens (primary N) is 1. The van der Waals surface area contributed by atoms with Crippen LogP contribution in [0.5, 0.6) is 5.75 Å². The smallest absolute Gasteiger partial charge is 0.235 e. The van der Waals surface area contributed by atoms with Crippen LogP contribution in [0.2, 0.25) is 0 Å². The second kappa shape index (κ2) is 11.5. The molecule has 2 aromatic rings. The largest absolute Gasteiger partial charge is 0.507 e. The maximum atomic E-state index is 14.2. The lowest BCUT2D eigenvalue weighted by Gasteiger charge is -2.56. The number of nitrogens with zero attached hydrogens (tertiary/aromatic N) is 1. The summed E-state index contributed by atoms with van der Waals surface area (Å²) in [4.78, 5) is 68.8. The summed E-state index contributed by atoms with van der Waals surface area (Å²) in [5, 5.41) is 38.5. The van der Waals surface area contributed by atoms with E-state index < -0.39 is 81.8 Å². The average molecular weight is 620 g/mol. The van der Waals surface area contributed by atoms with Crippen LogP contribution in [0.1, 0.15) is 61.0 Å². The number of para-hydroxylation sites is 1. The number of hydrogen-bond acceptors (Lipinski definition) is 10. The maximum absolute atomic E-state index is 14.2. The Labute approximate surface area is 261 Å². The second-order valence-corrected chi connectivity index (χ2v) is 13.6. The standard InChI is InChI=1S/C34H41N3O8/c1-16-18-12-13-19(33(2,3)14-9-15-36-17-10-7-6-8-11-17)26(38)21(18)27(39)22-20(16)28(40)24-25(37(4)5)29(41)23(32(35)44)31(43)34(24,45)30(22)42/h6-8,10-13,16,20,22-25,28,36,38,40,45H,9,14-15H2,1-5H3,(H2,35,44)/t16-,20+,22?,23?,24+,25-,28-,34-/m0/s1. The number of aliphatic hydroxyl groups is 2. The zero-order valence-electron chi connectivity index (χ0n) is 26.1. The molecule has 0 bridgehead atoms. The van der Waals surface area contributed by atoms with Gasteiger partial charge in [-0.2, -0.15) is 0 Å². The number of likely N-dealkylation sites (N-methyl/N-ethyl adjacent to an activating group) is 1. The third-order valence-electron chi connectivity index (χ3n) is 10.3. The Hall–Kier alpha value is -3.93. The van der Waals surface area contributed by atoms with Crippen molar-refractivity contribution in [2.24, 2.45) is 29.4 Å². The van der Waals surface area contributed by atoms with E-state index in [4.69, 9.17) is 5.73 Å². The third kappa shape index (κ3) is 4.88. The maximum Gasteiger partial charge on any atom is 0.235 e. The molecule has 0 radical (unpaired) electrons. The molecule has 45 heavy (non-hydrogen) atoms. The molecule has 2 aromatic carbocycles. The van der Waals surface area contributed by atoms with E-state index in [1.165, 1.54) is 19.0 Å². The number of Topliss-reactive ketones (excluding diaryl/α,β-unsaturated/α-hetero) is 4. The zero-order chi connectivity index (χ0) is 33.2. The number of hydrogen-bond donors (Lipinski definition) is 5. The first-order valence-corrected chi connectivity index (χ1v) is 15.2. The summed E-state index contributed by atoms with van der Waals surface area (Å²) in [6, 6.07) is 11.8. The van der Waals surface area contributed by atoms with E-state index in [0.29, 0.717) is 24.1 Å². The van der Waals surface area contributed by atoms with E-state index in [2.05, 4.69) is 5.32 Å². The first-order chi connectivity index (χ1) is 21.1. The van der Waals surface area contributed by atoms with Gasteiger partial charge in [0.2, 0.25) is 5.91 Å². The van der Waals surface area contributed by atoms with Gasteiger partial charge in [-0.1, -0.05) is 51.1 Å². The van der Waals surface area contributed by atoms with Gasteiger partial charge >= 0.3 is 0 Å². The lowest BCUT2D eigenvalue weighted by Crippen LogP contribution is -2.77. The average Bonchev–Trinajstić information content (AvgIpc) is 2.97. The minimum Gasteiger partial charge on any atom is -0.507 e. The molecule has 3 aliphatic rings. The Bertz CT molecular complexity index is 1570. The van der Waals surface area contributed by atoms with E-state index in [0.717, 1.165) is 12.1 Å². The zero-order valence-corrected chi connectivity index (χ0v) is 26.1. The molecule has 0 aliphatic heterocycles. The molecule has 2 saturated carbocycles. The van der Waals surface area contributed by atoms with Crippen LogP contribution in [0.3, 0.4) is 0 Å². The van der Waals surface area contributed by atoms with Crippen LogP contribution < -0.4 is 11.1 Å². The predicted molar refractivity (Wildman–Crippen MR) is 165 cm³/mol. The fourth-order valence-corrected chi connectivity index (χ4v) is 7.99. The number of ketones is 4. The second-order valence-electron chi connectivity index (χ2n) is 13.6.